The number of carbonyl (C=O) groups excluding carboxylic acids is 1. The molecule has 1 aromatic heterocycles. The summed E-state index contributed by atoms with van der Waals surface area (Å²) >= 11 is 0. The standard InChI is InChI=1S/C23H25N3O4/c1-16-7-8-21-17(11-16)12-18(22(27)25-21)13-26(14-20-15-29-9-10-30-20)23(28)24-19-5-3-2-4-6-19/h2-8,11-12,20H,9-10,13-15H2,1H3,(H,24,28)(H,25,27). The molecule has 0 radical (unpaired) electrons. The van der Waals surface area contributed by atoms with Gasteiger partial charge in [-0.1, -0.05) is 29.8 Å². The number of rotatable bonds is 5. The van der Waals surface area contributed by atoms with E-state index >= 15 is 0 Å². The molecule has 3 aromatic rings. The Bertz CT molecular complexity index is 1070. The molecule has 7 nitrogen and oxygen atoms in total. The highest BCUT2D eigenvalue weighted by Gasteiger charge is 2.23. The smallest absolute Gasteiger partial charge is 0.322 e. The number of carbonyl (C=O) groups is 1. The number of nitrogens with one attached hydrogen (secondary N) is 2. The quantitative estimate of drug-likeness (QED) is 0.680. The van der Waals surface area contributed by atoms with E-state index in [1.54, 1.807) is 4.90 Å². The van der Waals surface area contributed by atoms with Crippen molar-refractivity contribution in [2.45, 2.75) is 19.6 Å². The van der Waals surface area contributed by atoms with Crippen molar-refractivity contribution >= 4 is 22.6 Å². The lowest BCUT2D eigenvalue weighted by Gasteiger charge is -2.30. The molecule has 0 bridgehead atoms. The van der Waals surface area contributed by atoms with E-state index in [0.717, 1.165) is 16.5 Å². The lowest BCUT2D eigenvalue weighted by atomic mass is 10.1. The molecule has 0 saturated carbocycles. The van der Waals surface area contributed by atoms with E-state index in [2.05, 4.69) is 10.3 Å². The molecular formula is C23H25N3O4. The highest BCUT2D eigenvalue weighted by Crippen LogP contribution is 2.16. The Morgan fingerprint density at radius 1 is 1.17 bits per heavy atom. The number of amides is 2. The van der Waals surface area contributed by atoms with Gasteiger partial charge >= 0.3 is 6.03 Å². The summed E-state index contributed by atoms with van der Waals surface area (Å²) in [7, 11) is 0. The highest BCUT2D eigenvalue weighted by molar-refractivity contribution is 5.89. The van der Waals surface area contributed by atoms with Crippen LogP contribution in [0.1, 0.15) is 11.1 Å². The summed E-state index contributed by atoms with van der Waals surface area (Å²) < 4.78 is 11.2. The molecule has 0 aliphatic carbocycles. The summed E-state index contributed by atoms with van der Waals surface area (Å²) in [5.74, 6) is 0. The minimum absolute atomic E-state index is 0.164. The van der Waals surface area contributed by atoms with Gasteiger partial charge in [0.15, 0.2) is 0 Å². The molecular weight excluding hydrogens is 382 g/mol. The van der Waals surface area contributed by atoms with Gasteiger partial charge in [0.1, 0.15) is 0 Å². The Morgan fingerprint density at radius 3 is 2.77 bits per heavy atom. The van der Waals surface area contributed by atoms with Crippen molar-refractivity contribution in [3.63, 3.8) is 0 Å². The average Bonchev–Trinajstić information content (AvgIpc) is 2.75. The lowest BCUT2D eigenvalue weighted by Crippen LogP contribution is -2.44. The Hall–Kier alpha value is -3.16. The number of aromatic nitrogens is 1. The maximum absolute atomic E-state index is 13.0. The number of hydrogen-bond donors (Lipinski definition) is 2. The number of ether oxygens (including phenoxy) is 2. The molecule has 7 heteroatoms. The molecule has 1 aliphatic rings. The Morgan fingerprint density at radius 2 is 2.00 bits per heavy atom. The van der Waals surface area contributed by atoms with Crippen LogP contribution in [0, 0.1) is 6.92 Å². The number of fused-ring (bicyclic) bond motifs is 1. The third-order valence-electron chi connectivity index (χ3n) is 5.06. The minimum atomic E-state index is -0.292. The fourth-order valence-corrected chi connectivity index (χ4v) is 3.53. The van der Waals surface area contributed by atoms with Crippen LogP contribution in [0.25, 0.3) is 10.9 Å². The van der Waals surface area contributed by atoms with Gasteiger partial charge in [-0.3, -0.25) is 4.79 Å². The zero-order valence-corrected chi connectivity index (χ0v) is 16.9. The molecule has 0 spiro atoms. The molecule has 2 amide bonds. The number of aryl methyl sites for hydroxylation is 1. The number of hydrogen-bond acceptors (Lipinski definition) is 4. The Balaban J connectivity index is 1.59. The second-order valence-corrected chi connectivity index (χ2v) is 7.46. The summed E-state index contributed by atoms with van der Waals surface area (Å²) in [6.07, 6.45) is -0.234. The van der Waals surface area contributed by atoms with Gasteiger partial charge in [0.25, 0.3) is 5.56 Å². The van der Waals surface area contributed by atoms with Crippen LogP contribution in [-0.4, -0.2) is 48.4 Å². The molecule has 1 saturated heterocycles. The van der Waals surface area contributed by atoms with Gasteiger partial charge < -0.3 is 24.7 Å². The first-order chi connectivity index (χ1) is 14.6. The van der Waals surface area contributed by atoms with Crippen molar-refractivity contribution in [3.05, 3.63) is 76.1 Å². The molecule has 1 fully saturated rings. The summed E-state index contributed by atoms with van der Waals surface area (Å²) in [4.78, 5) is 30.2. The average molecular weight is 407 g/mol. The van der Waals surface area contributed by atoms with E-state index in [4.69, 9.17) is 9.47 Å². The lowest BCUT2D eigenvalue weighted by molar-refractivity contribution is -0.0943. The third-order valence-corrected chi connectivity index (χ3v) is 5.06. The van der Waals surface area contributed by atoms with Crippen LogP contribution in [0.5, 0.6) is 0 Å². The zero-order chi connectivity index (χ0) is 20.9. The maximum Gasteiger partial charge on any atom is 0.322 e. The molecule has 2 heterocycles. The van der Waals surface area contributed by atoms with Crippen molar-refractivity contribution in [2.24, 2.45) is 0 Å². The number of urea groups is 1. The van der Waals surface area contributed by atoms with Crippen LogP contribution >= 0.6 is 0 Å². The number of nitrogens with zero attached hydrogens (tertiary/aromatic N) is 1. The van der Waals surface area contributed by atoms with E-state index in [0.29, 0.717) is 37.6 Å². The molecule has 1 aliphatic heterocycles. The van der Waals surface area contributed by atoms with E-state index in [1.165, 1.54) is 0 Å². The normalized spacial score (nSPS) is 16.4. The van der Waals surface area contributed by atoms with Crippen molar-refractivity contribution in [1.29, 1.82) is 0 Å². The minimum Gasteiger partial charge on any atom is -0.376 e. The van der Waals surface area contributed by atoms with Crippen molar-refractivity contribution < 1.29 is 14.3 Å². The molecule has 4 rings (SSSR count). The van der Waals surface area contributed by atoms with E-state index < -0.39 is 0 Å². The first kappa shape index (κ1) is 20.1. The number of pyridine rings is 1. The number of para-hydroxylation sites is 1. The van der Waals surface area contributed by atoms with Gasteiger partial charge in [-0.2, -0.15) is 0 Å². The Kier molecular flexibility index (Phi) is 6.11. The van der Waals surface area contributed by atoms with E-state index in [9.17, 15) is 9.59 Å². The van der Waals surface area contributed by atoms with Crippen LogP contribution in [0.3, 0.4) is 0 Å². The SMILES string of the molecule is Cc1ccc2[nH]c(=O)c(CN(CC3COCCO3)C(=O)Nc3ccccc3)cc2c1. The first-order valence-corrected chi connectivity index (χ1v) is 10.0. The number of H-pyrrole nitrogens is 1. The van der Waals surface area contributed by atoms with Crippen molar-refractivity contribution in [3.8, 4) is 0 Å². The van der Waals surface area contributed by atoms with Gasteiger partial charge in [0.05, 0.1) is 39.0 Å². The fraction of sp³-hybridized carbons (Fsp3) is 0.304. The number of benzene rings is 2. The molecule has 30 heavy (non-hydrogen) atoms. The molecule has 1 unspecified atom stereocenters. The largest absolute Gasteiger partial charge is 0.376 e. The van der Waals surface area contributed by atoms with Crippen LogP contribution in [-0.2, 0) is 16.0 Å². The topological polar surface area (TPSA) is 83.7 Å². The van der Waals surface area contributed by atoms with E-state index in [-0.39, 0.29) is 24.2 Å². The van der Waals surface area contributed by atoms with Gasteiger partial charge in [-0.25, -0.2) is 4.79 Å². The van der Waals surface area contributed by atoms with Gasteiger partial charge in [0.2, 0.25) is 0 Å². The van der Waals surface area contributed by atoms with Crippen LogP contribution in [0.15, 0.2) is 59.4 Å². The molecule has 2 aromatic carbocycles. The second-order valence-electron chi connectivity index (χ2n) is 7.46. The van der Waals surface area contributed by atoms with Gasteiger partial charge in [-0.05, 0) is 42.6 Å². The zero-order valence-electron chi connectivity index (χ0n) is 16.9. The summed E-state index contributed by atoms with van der Waals surface area (Å²) in [5.41, 5.74) is 2.89. The summed E-state index contributed by atoms with van der Waals surface area (Å²) in [6.45, 7) is 3.96. The molecule has 2 N–H and O–H groups in total. The fourth-order valence-electron chi connectivity index (χ4n) is 3.53. The van der Waals surface area contributed by atoms with Crippen LogP contribution in [0.2, 0.25) is 0 Å². The van der Waals surface area contributed by atoms with Crippen LogP contribution < -0.4 is 10.9 Å². The molecule has 156 valence electrons. The maximum atomic E-state index is 13.0. The Labute approximate surface area is 174 Å². The van der Waals surface area contributed by atoms with E-state index in [1.807, 2.05) is 61.5 Å². The predicted octanol–water partition coefficient (Wildman–Crippen LogP) is 3.29. The third kappa shape index (κ3) is 4.87. The summed E-state index contributed by atoms with van der Waals surface area (Å²) in [6, 6.07) is 16.7. The monoisotopic (exact) mass is 407 g/mol. The van der Waals surface area contributed by atoms with Gasteiger partial charge in [0, 0.05) is 16.8 Å². The number of anilines is 1. The first-order valence-electron chi connectivity index (χ1n) is 10.0. The highest BCUT2D eigenvalue weighted by atomic mass is 16.6. The molecule has 1 atom stereocenters. The summed E-state index contributed by atoms with van der Waals surface area (Å²) in [5, 5.41) is 3.83. The van der Waals surface area contributed by atoms with Crippen molar-refractivity contribution in [1.82, 2.24) is 9.88 Å². The van der Waals surface area contributed by atoms with Crippen molar-refractivity contribution in [2.75, 3.05) is 31.7 Å². The predicted molar refractivity (Wildman–Crippen MR) is 116 cm³/mol. The van der Waals surface area contributed by atoms with Crippen LogP contribution in [0.4, 0.5) is 10.5 Å². The van der Waals surface area contributed by atoms with Gasteiger partial charge in [-0.15, -0.1) is 0 Å². The number of aromatic amines is 1. The second kappa shape index (κ2) is 9.11.